The van der Waals surface area contributed by atoms with Crippen LogP contribution in [0.15, 0.2) is 15.5 Å². The highest BCUT2D eigenvalue weighted by molar-refractivity contribution is 5.79. The highest BCUT2D eigenvalue weighted by atomic mass is 16.5. The maximum absolute atomic E-state index is 12.3. The first-order valence-corrected chi connectivity index (χ1v) is 6.75. The number of carbonyl (C=O) groups excluding carboxylic acids is 1. The Morgan fingerprint density at radius 3 is 2.95 bits per heavy atom. The van der Waals surface area contributed by atoms with Crippen molar-refractivity contribution in [1.82, 2.24) is 14.9 Å². The van der Waals surface area contributed by atoms with Crippen molar-refractivity contribution in [2.24, 2.45) is 0 Å². The quantitative estimate of drug-likeness (QED) is 0.795. The molecule has 0 atom stereocenters. The van der Waals surface area contributed by atoms with Gasteiger partial charge in [-0.2, -0.15) is 0 Å². The number of nitrogens with one attached hydrogen (secondary N) is 1. The van der Waals surface area contributed by atoms with Crippen LogP contribution in [0.4, 0.5) is 0 Å². The minimum absolute atomic E-state index is 0.0571. The van der Waals surface area contributed by atoms with Gasteiger partial charge in [-0.15, -0.1) is 0 Å². The van der Waals surface area contributed by atoms with Crippen molar-refractivity contribution in [1.29, 1.82) is 0 Å². The molecule has 2 aromatic rings. The van der Waals surface area contributed by atoms with Gasteiger partial charge in [0.2, 0.25) is 11.6 Å². The van der Waals surface area contributed by atoms with Crippen LogP contribution in [0.5, 0.6) is 0 Å². The van der Waals surface area contributed by atoms with E-state index in [2.05, 4.69) is 10.3 Å². The summed E-state index contributed by atoms with van der Waals surface area (Å²) in [5.41, 5.74) is 0.811. The molecule has 0 unspecified atom stereocenters. The van der Waals surface area contributed by atoms with Gasteiger partial charge in [-0.05, 0) is 20.3 Å². The molecule has 2 aromatic heterocycles. The third kappa shape index (κ3) is 3.30. The molecule has 114 valence electrons. The Hall–Kier alpha value is -2.15. The number of aromatic nitrogens is 2. The number of hydrogen-bond donors (Lipinski definition) is 1. The molecule has 0 spiro atoms. The maximum atomic E-state index is 12.3. The molecule has 0 aliphatic rings. The first kappa shape index (κ1) is 15.2. The second-order valence-electron chi connectivity index (χ2n) is 4.84. The van der Waals surface area contributed by atoms with Crippen LogP contribution < -0.4 is 10.9 Å². The van der Waals surface area contributed by atoms with Gasteiger partial charge in [0, 0.05) is 25.8 Å². The monoisotopic (exact) mass is 293 g/mol. The van der Waals surface area contributed by atoms with Crippen molar-refractivity contribution in [3.05, 3.63) is 28.0 Å². The van der Waals surface area contributed by atoms with E-state index in [1.807, 2.05) is 0 Å². The number of ether oxygens (including phenoxy) is 1. The van der Waals surface area contributed by atoms with Gasteiger partial charge < -0.3 is 14.5 Å². The summed E-state index contributed by atoms with van der Waals surface area (Å²) < 4.78 is 11.6. The standard InChI is InChI=1S/C14H19N3O4/c1-9-10(2)21-13-12(9)14(19)17(8-16-13)7-11(18)15-5-4-6-20-3/h8H,4-7H2,1-3H3,(H,15,18). The Morgan fingerprint density at radius 1 is 1.48 bits per heavy atom. The van der Waals surface area contributed by atoms with Crippen LogP contribution >= 0.6 is 0 Å². The summed E-state index contributed by atoms with van der Waals surface area (Å²) in [6.45, 7) is 4.63. The van der Waals surface area contributed by atoms with Gasteiger partial charge >= 0.3 is 0 Å². The molecule has 21 heavy (non-hydrogen) atoms. The van der Waals surface area contributed by atoms with E-state index >= 15 is 0 Å². The predicted octanol–water partition coefficient (Wildman–Crippen LogP) is 0.759. The molecule has 0 fully saturated rings. The fourth-order valence-corrected chi connectivity index (χ4v) is 2.04. The van der Waals surface area contributed by atoms with Gasteiger partial charge in [0.25, 0.3) is 5.56 Å². The summed E-state index contributed by atoms with van der Waals surface area (Å²) in [6, 6.07) is 0. The van der Waals surface area contributed by atoms with Gasteiger partial charge in [0.15, 0.2) is 0 Å². The number of hydrogen-bond acceptors (Lipinski definition) is 5. The van der Waals surface area contributed by atoms with E-state index in [1.54, 1.807) is 21.0 Å². The predicted molar refractivity (Wildman–Crippen MR) is 77.2 cm³/mol. The second kappa shape index (κ2) is 6.53. The number of carbonyl (C=O) groups is 1. The lowest BCUT2D eigenvalue weighted by Crippen LogP contribution is -2.33. The van der Waals surface area contributed by atoms with E-state index in [4.69, 9.17) is 9.15 Å². The zero-order valence-corrected chi connectivity index (χ0v) is 12.4. The summed E-state index contributed by atoms with van der Waals surface area (Å²) in [5, 5.41) is 3.16. The average molecular weight is 293 g/mol. The number of aryl methyl sites for hydroxylation is 2. The Bertz CT molecular complexity index is 702. The van der Waals surface area contributed by atoms with Gasteiger partial charge in [-0.1, -0.05) is 0 Å². The summed E-state index contributed by atoms with van der Waals surface area (Å²) in [7, 11) is 1.61. The lowest BCUT2D eigenvalue weighted by atomic mass is 10.2. The maximum Gasteiger partial charge on any atom is 0.265 e. The van der Waals surface area contributed by atoms with Crippen LogP contribution in [0.3, 0.4) is 0 Å². The van der Waals surface area contributed by atoms with Gasteiger partial charge in [-0.3, -0.25) is 14.2 Å². The number of rotatable bonds is 6. The van der Waals surface area contributed by atoms with E-state index in [9.17, 15) is 9.59 Å². The first-order valence-electron chi connectivity index (χ1n) is 6.75. The van der Waals surface area contributed by atoms with E-state index in [0.717, 1.165) is 12.0 Å². The van der Waals surface area contributed by atoms with Crippen LogP contribution in [0.25, 0.3) is 11.1 Å². The molecule has 1 N–H and O–H groups in total. The smallest absolute Gasteiger partial charge is 0.265 e. The molecule has 0 bridgehead atoms. The third-order valence-corrected chi connectivity index (χ3v) is 3.32. The molecule has 0 saturated carbocycles. The van der Waals surface area contributed by atoms with Crippen LogP contribution in [-0.4, -0.2) is 35.7 Å². The van der Waals surface area contributed by atoms with E-state index in [1.165, 1.54) is 10.9 Å². The zero-order valence-electron chi connectivity index (χ0n) is 12.4. The molecule has 7 heteroatoms. The number of furan rings is 1. The number of amides is 1. The number of fused-ring (bicyclic) bond motifs is 1. The lowest BCUT2D eigenvalue weighted by molar-refractivity contribution is -0.121. The van der Waals surface area contributed by atoms with Crippen molar-refractivity contribution in [3.8, 4) is 0 Å². The SMILES string of the molecule is COCCCNC(=O)Cn1cnc2oc(C)c(C)c2c1=O. The van der Waals surface area contributed by atoms with Crippen LogP contribution in [0, 0.1) is 13.8 Å². The largest absolute Gasteiger partial charge is 0.443 e. The van der Waals surface area contributed by atoms with E-state index < -0.39 is 0 Å². The van der Waals surface area contributed by atoms with E-state index in [0.29, 0.717) is 30.0 Å². The molecule has 7 nitrogen and oxygen atoms in total. The molecule has 0 aromatic carbocycles. The van der Waals surface area contributed by atoms with Crippen LogP contribution in [0.2, 0.25) is 0 Å². The van der Waals surface area contributed by atoms with Crippen molar-refractivity contribution < 1.29 is 13.9 Å². The lowest BCUT2D eigenvalue weighted by Gasteiger charge is -2.06. The first-order chi connectivity index (χ1) is 10.0. The van der Waals surface area contributed by atoms with Crippen molar-refractivity contribution in [2.45, 2.75) is 26.8 Å². The van der Waals surface area contributed by atoms with Gasteiger partial charge in [0.1, 0.15) is 24.0 Å². The summed E-state index contributed by atoms with van der Waals surface area (Å²) in [5.74, 6) is 0.434. The Balaban J connectivity index is 2.12. The summed E-state index contributed by atoms with van der Waals surface area (Å²) in [4.78, 5) is 28.2. The minimum Gasteiger partial charge on any atom is -0.443 e. The molecular formula is C14H19N3O4. The van der Waals surface area contributed by atoms with E-state index in [-0.39, 0.29) is 18.0 Å². The highest BCUT2D eigenvalue weighted by Gasteiger charge is 2.14. The Kier molecular flexibility index (Phi) is 4.74. The highest BCUT2D eigenvalue weighted by Crippen LogP contribution is 2.18. The molecule has 0 aliphatic heterocycles. The summed E-state index contributed by atoms with van der Waals surface area (Å²) in [6.07, 6.45) is 2.07. The topological polar surface area (TPSA) is 86.4 Å². The van der Waals surface area contributed by atoms with Gasteiger partial charge in [0.05, 0.1) is 0 Å². The molecule has 0 aliphatic carbocycles. The van der Waals surface area contributed by atoms with Gasteiger partial charge in [-0.25, -0.2) is 4.98 Å². The fraction of sp³-hybridized carbons (Fsp3) is 0.500. The normalized spacial score (nSPS) is 11.0. The average Bonchev–Trinajstić information content (AvgIpc) is 2.74. The molecule has 0 radical (unpaired) electrons. The Morgan fingerprint density at radius 2 is 2.24 bits per heavy atom. The second-order valence-corrected chi connectivity index (χ2v) is 4.84. The molecule has 2 heterocycles. The minimum atomic E-state index is -0.263. The molecular weight excluding hydrogens is 274 g/mol. The van der Waals surface area contributed by atoms with Crippen molar-refractivity contribution in [3.63, 3.8) is 0 Å². The zero-order chi connectivity index (χ0) is 15.4. The van der Waals surface area contributed by atoms with Crippen molar-refractivity contribution >= 4 is 17.0 Å². The fourth-order valence-electron chi connectivity index (χ4n) is 2.04. The van der Waals surface area contributed by atoms with Crippen LogP contribution in [0.1, 0.15) is 17.7 Å². The molecule has 0 saturated heterocycles. The van der Waals surface area contributed by atoms with Crippen LogP contribution in [-0.2, 0) is 16.1 Å². The Labute approximate surface area is 121 Å². The summed E-state index contributed by atoms with van der Waals surface area (Å²) >= 11 is 0. The number of methoxy groups -OCH3 is 1. The van der Waals surface area contributed by atoms with Crippen molar-refractivity contribution in [2.75, 3.05) is 20.3 Å². The number of nitrogens with zero attached hydrogens (tertiary/aromatic N) is 2. The molecule has 1 amide bonds. The third-order valence-electron chi connectivity index (χ3n) is 3.32. The molecule has 2 rings (SSSR count).